The molecule has 1 saturated heterocycles. The number of anilines is 1. The Morgan fingerprint density at radius 1 is 1.65 bits per heavy atom. The number of hydrogen-bond acceptors (Lipinski definition) is 5. The number of alkyl halides is 1. The minimum atomic E-state index is -0.831. The largest absolute Gasteiger partial charge is 0.352 e. The predicted octanol–water partition coefficient (Wildman–Crippen LogP) is 2.01. The van der Waals surface area contributed by atoms with E-state index in [0.29, 0.717) is 29.5 Å². The van der Waals surface area contributed by atoms with E-state index in [1.807, 2.05) is 11.2 Å². The Bertz CT molecular complexity index is 446. The smallest absolute Gasteiger partial charge is 0.189 e. The molecule has 0 aromatic carbocycles. The Balaban J connectivity index is 2.32. The van der Waals surface area contributed by atoms with Crippen molar-refractivity contribution in [1.82, 2.24) is 9.97 Å². The lowest BCUT2D eigenvalue weighted by atomic mass is 10.1. The molecule has 0 aliphatic carbocycles. The fraction of sp³-hybridized carbons (Fsp3) is 0.545. The highest BCUT2D eigenvalue weighted by Crippen LogP contribution is 2.24. The van der Waals surface area contributed by atoms with Gasteiger partial charge < -0.3 is 4.90 Å². The van der Waals surface area contributed by atoms with Crippen LogP contribution >= 0.6 is 11.8 Å². The Morgan fingerprint density at radius 2 is 2.47 bits per heavy atom. The summed E-state index contributed by atoms with van der Waals surface area (Å²) in [4.78, 5) is 10.2. The van der Waals surface area contributed by atoms with Gasteiger partial charge in [-0.15, -0.1) is 0 Å². The maximum absolute atomic E-state index is 13.4. The maximum atomic E-state index is 13.4. The van der Waals surface area contributed by atoms with Crippen molar-refractivity contribution in [2.75, 3.05) is 24.2 Å². The van der Waals surface area contributed by atoms with Gasteiger partial charge in [-0.3, -0.25) is 0 Å². The van der Waals surface area contributed by atoms with Crippen molar-refractivity contribution in [2.24, 2.45) is 0 Å². The van der Waals surface area contributed by atoms with Crippen molar-refractivity contribution in [1.29, 1.82) is 5.26 Å². The monoisotopic (exact) mass is 252 g/mol. The molecule has 1 aromatic rings. The molecular formula is C11H13FN4S. The van der Waals surface area contributed by atoms with E-state index in [2.05, 4.69) is 16.0 Å². The number of rotatable bonds is 2. The lowest BCUT2D eigenvalue weighted by Gasteiger charge is -2.30. The molecule has 2 rings (SSSR count). The molecule has 0 spiro atoms. The van der Waals surface area contributed by atoms with Gasteiger partial charge in [-0.25, -0.2) is 14.4 Å². The Kier molecular flexibility index (Phi) is 3.79. The van der Waals surface area contributed by atoms with Crippen LogP contribution in [-0.2, 0) is 0 Å². The summed E-state index contributed by atoms with van der Waals surface area (Å²) < 4.78 is 13.4. The van der Waals surface area contributed by atoms with Crippen LogP contribution in [0.5, 0.6) is 0 Å². The van der Waals surface area contributed by atoms with Gasteiger partial charge in [0.15, 0.2) is 11.0 Å². The van der Waals surface area contributed by atoms with Crippen molar-refractivity contribution >= 4 is 17.6 Å². The molecule has 1 aromatic heterocycles. The van der Waals surface area contributed by atoms with E-state index in [1.54, 1.807) is 0 Å². The van der Waals surface area contributed by atoms with Gasteiger partial charge in [-0.2, -0.15) is 5.26 Å². The van der Waals surface area contributed by atoms with E-state index in [0.717, 1.165) is 13.0 Å². The zero-order chi connectivity index (χ0) is 12.3. The lowest BCUT2D eigenvalue weighted by Crippen LogP contribution is -2.37. The van der Waals surface area contributed by atoms with Crippen LogP contribution in [-0.4, -0.2) is 35.5 Å². The molecule has 6 heteroatoms. The number of hydrogen-bond donors (Lipinski definition) is 0. The van der Waals surface area contributed by atoms with E-state index in [-0.39, 0.29) is 0 Å². The molecule has 2 heterocycles. The van der Waals surface area contributed by atoms with Crippen LogP contribution in [0.3, 0.4) is 0 Å². The van der Waals surface area contributed by atoms with Crippen LogP contribution in [0.2, 0.25) is 0 Å². The first-order chi connectivity index (χ1) is 8.24. The van der Waals surface area contributed by atoms with Gasteiger partial charge in [-0.1, -0.05) is 11.8 Å². The Labute approximate surface area is 104 Å². The average Bonchev–Trinajstić information content (AvgIpc) is 2.38. The number of nitrogens with zero attached hydrogens (tertiary/aromatic N) is 4. The molecule has 0 amide bonds. The third-order valence-electron chi connectivity index (χ3n) is 2.71. The van der Waals surface area contributed by atoms with E-state index < -0.39 is 6.17 Å². The van der Waals surface area contributed by atoms with E-state index in [1.165, 1.54) is 18.0 Å². The fourth-order valence-electron chi connectivity index (χ4n) is 1.89. The van der Waals surface area contributed by atoms with Crippen molar-refractivity contribution in [3.05, 3.63) is 11.8 Å². The van der Waals surface area contributed by atoms with Crippen LogP contribution < -0.4 is 4.90 Å². The van der Waals surface area contributed by atoms with Crippen molar-refractivity contribution in [2.45, 2.75) is 24.2 Å². The van der Waals surface area contributed by atoms with E-state index in [4.69, 9.17) is 5.26 Å². The number of aromatic nitrogens is 2. The van der Waals surface area contributed by atoms with Gasteiger partial charge in [-0.05, 0) is 19.1 Å². The molecule has 90 valence electrons. The molecule has 1 fully saturated rings. The second-order valence-electron chi connectivity index (χ2n) is 3.89. The number of halogens is 1. The zero-order valence-electron chi connectivity index (χ0n) is 9.56. The second-order valence-corrected chi connectivity index (χ2v) is 4.66. The molecule has 0 saturated carbocycles. The normalized spacial score (nSPS) is 20.1. The van der Waals surface area contributed by atoms with Gasteiger partial charge in [0.2, 0.25) is 0 Å². The van der Waals surface area contributed by atoms with Crippen molar-refractivity contribution in [3.63, 3.8) is 0 Å². The molecule has 0 radical (unpaired) electrons. The van der Waals surface area contributed by atoms with Crippen molar-refractivity contribution < 1.29 is 4.39 Å². The zero-order valence-corrected chi connectivity index (χ0v) is 10.4. The summed E-state index contributed by atoms with van der Waals surface area (Å²) in [6, 6.07) is 2.06. The number of thioether (sulfide) groups is 1. The molecule has 0 bridgehead atoms. The quantitative estimate of drug-likeness (QED) is 0.595. The minimum Gasteiger partial charge on any atom is -0.352 e. The summed E-state index contributed by atoms with van der Waals surface area (Å²) in [6.45, 7) is 1.07. The summed E-state index contributed by atoms with van der Waals surface area (Å²) in [5.74, 6) is 0.564. The SMILES string of the molecule is CSc1ncc(C#N)c(N2CCCC(F)C2)n1. The molecule has 1 atom stereocenters. The maximum Gasteiger partial charge on any atom is 0.189 e. The summed E-state index contributed by atoms with van der Waals surface area (Å²) in [5, 5.41) is 9.63. The topological polar surface area (TPSA) is 52.8 Å². The number of nitriles is 1. The summed E-state index contributed by atoms with van der Waals surface area (Å²) >= 11 is 1.41. The minimum absolute atomic E-state index is 0.319. The highest BCUT2D eigenvalue weighted by molar-refractivity contribution is 7.98. The van der Waals surface area contributed by atoms with Gasteiger partial charge in [0.1, 0.15) is 17.8 Å². The molecule has 17 heavy (non-hydrogen) atoms. The van der Waals surface area contributed by atoms with Crippen LogP contribution in [0.15, 0.2) is 11.4 Å². The molecule has 4 nitrogen and oxygen atoms in total. The molecular weight excluding hydrogens is 239 g/mol. The fourth-order valence-corrected chi connectivity index (χ4v) is 2.23. The number of piperidine rings is 1. The van der Waals surface area contributed by atoms with Crippen molar-refractivity contribution in [3.8, 4) is 6.07 Å². The first-order valence-electron chi connectivity index (χ1n) is 5.44. The first kappa shape index (κ1) is 12.1. The van der Waals surface area contributed by atoms with Crippen LogP contribution in [0.25, 0.3) is 0 Å². The third kappa shape index (κ3) is 2.67. The lowest BCUT2D eigenvalue weighted by molar-refractivity contribution is 0.286. The summed E-state index contributed by atoms with van der Waals surface area (Å²) in [7, 11) is 0. The molecule has 1 aliphatic heterocycles. The van der Waals surface area contributed by atoms with Gasteiger partial charge in [0, 0.05) is 6.54 Å². The van der Waals surface area contributed by atoms with Gasteiger partial charge in [0.25, 0.3) is 0 Å². The highest BCUT2D eigenvalue weighted by Gasteiger charge is 2.22. The summed E-state index contributed by atoms with van der Waals surface area (Å²) in [5.41, 5.74) is 0.414. The predicted molar refractivity (Wildman–Crippen MR) is 64.9 cm³/mol. The molecule has 1 aliphatic rings. The Morgan fingerprint density at radius 3 is 3.12 bits per heavy atom. The van der Waals surface area contributed by atoms with Gasteiger partial charge >= 0.3 is 0 Å². The standard InChI is InChI=1S/C11H13FN4S/c1-17-11-14-6-8(5-13)10(15-11)16-4-2-3-9(12)7-16/h6,9H,2-4,7H2,1H3. The summed E-state index contributed by atoms with van der Waals surface area (Å²) in [6.07, 6.45) is 3.95. The Hall–Kier alpha value is -1.35. The van der Waals surface area contributed by atoms with Crippen LogP contribution in [0.4, 0.5) is 10.2 Å². The second kappa shape index (κ2) is 5.32. The molecule has 0 N–H and O–H groups in total. The average molecular weight is 252 g/mol. The molecule has 1 unspecified atom stereocenters. The van der Waals surface area contributed by atoms with Crippen LogP contribution in [0.1, 0.15) is 18.4 Å². The van der Waals surface area contributed by atoms with E-state index in [9.17, 15) is 4.39 Å². The third-order valence-corrected chi connectivity index (χ3v) is 3.27. The van der Waals surface area contributed by atoms with Crippen LogP contribution in [0, 0.1) is 11.3 Å². The first-order valence-corrected chi connectivity index (χ1v) is 6.67. The van der Waals surface area contributed by atoms with E-state index >= 15 is 0 Å². The van der Waals surface area contributed by atoms with Gasteiger partial charge in [0.05, 0.1) is 12.7 Å². The highest BCUT2D eigenvalue weighted by atomic mass is 32.2.